The topological polar surface area (TPSA) is 63.8 Å². The Bertz CT molecular complexity index is 513. The van der Waals surface area contributed by atoms with Gasteiger partial charge in [-0.15, -0.1) is 0 Å². The number of nitrogen functional groups attached to an aromatic ring is 1. The van der Waals surface area contributed by atoms with Crippen LogP contribution in [-0.2, 0) is 0 Å². The molecule has 0 spiro atoms. The quantitative estimate of drug-likeness (QED) is 0.596. The SMILES string of the molecule is Cc1cc(NN)nc(-c2cccc(F)c2)n1. The van der Waals surface area contributed by atoms with Crippen molar-refractivity contribution in [2.24, 2.45) is 5.84 Å². The van der Waals surface area contributed by atoms with E-state index in [9.17, 15) is 4.39 Å². The minimum Gasteiger partial charge on any atom is -0.308 e. The number of hydrogen-bond donors (Lipinski definition) is 2. The number of hydrazine groups is 1. The molecule has 82 valence electrons. The van der Waals surface area contributed by atoms with Crippen molar-refractivity contribution in [3.8, 4) is 11.4 Å². The van der Waals surface area contributed by atoms with Crippen LogP contribution in [0.4, 0.5) is 10.2 Å². The number of nitrogens with two attached hydrogens (primary N) is 1. The van der Waals surface area contributed by atoms with Crippen molar-refractivity contribution in [2.45, 2.75) is 6.92 Å². The summed E-state index contributed by atoms with van der Waals surface area (Å²) in [6.45, 7) is 1.82. The first-order chi connectivity index (χ1) is 7.69. The second kappa shape index (κ2) is 4.24. The molecule has 1 aromatic heterocycles. The van der Waals surface area contributed by atoms with Crippen LogP contribution in [0.2, 0.25) is 0 Å². The molecule has 0 fully saturated rings. The summed E-state index contributed by atoms with van der Waals surface area (Å²) in [7, 11) is 0. The minimum atomic E-state index is -0.315. The lowest BCUT2D eigenvalue weighted by molar-refractivity contribution is 0.628. The maximum absolute atomic E-state index is 13.0. The van der Waals surface area contributed by atoms with Gasteiger partial charge in [0.25, 0.3) is 0 Å². The lowest BCUT2D eigenvalue weighted by atomic mass is 10.2. The highest BCUT2D eigenvalue weighted by atomic mass is 19.1. The number of nitrogens with zero attached hydrogens (tertiary/aromatic N) is 2. The van der Waals surface area contributed by atoms with Gasteiger partial charge in [-0.05, 0) is 19.1 Å². The maximum atomic E-state index is 13.0. The second-order valence-corrected chi connectivity index (χ2v) is 3.37. The van der Waals surface area contributed by atoms with Crippen LogP contribution in [0.15, 0.2) is 30.3 Å². The number of anilines is 1. The van der Waals surface area contributed by atoms with Gasteiger partial charge in [0.15, 0.2) is 5.82 Å². The molecule has 4 nitrogen and oxygen atoms in total. The summed E-state index contributed by atoms with van der Waals surface area (Å²) in [5.74, 6) is 5.92. The van der Waals surface area contributed by atoms with E-state index < -0.39 is 0 Å². The van der Waals surface area contributed by atoms with Crippen molar-refractivity contribution in [1.29, 1.82) is 0 Å². The zero-order valence-corrected chi connectivity index (χ0v) is 8.74. The van der Waals surface area contributed by atoms with Crippen LogP contribution >= 0.6 is 0 Å². The van der Waals surface area contributed by atoms with Crippen LogP contribution < -0.4 is 11.3 Å². The van der Waals surface area contributed by atoms with Gasteiger partial charge in [0.05, 0.1) is 0 Å². The molecule has 0 saturated carbocycles. The lowest BCUT2D eigenvalue weighted by Crippen LogP contribution is -2.09. The molecule has 0 atom stereocenters. The third kappa shape index (κ3) is 2.14. The van der Waals surface area contributed by atoms with E-state index in [0.29, 0.717) is 17.2 Å². The Labute approximate surface area is 92.3 Å². The van der Waals surface area contributed by atoms with Crippen molar-refractivity contribution in [1.82, 2.24) is 9.97 Å². The molecular formula is C11H11FN4. The average Bonchev–Trinajstić information content (AvgIpc) is 2.28. The Balaban J connectivity index is 2.51. The summed E-state index contributed by atoms with van der Waals surface area (Å²) in [4.78, 5) is 8.37. The highest BCUT2D eigenvalue weighted by molar-refractivity contribution is 5.57. The molecule has 2 rings (SSSR count). The molecule has 16 heavy (non-hydrogen) atoms. The van der Waals surface area contributed by atoms with Crippen LogP contribution in [0.3, 0.4) is 0 Å². The number of aromatic nitrogens is 2. The van der Waals surface area contributed by atoms with Gasteiger partial charge >= 0.3 is 0 Å². The zero-order valence-electron chi connectivity index (χ0n) is 8.74. The highest BCUT2D eigenvalue weighted by Crippen LogP contribution is 2.18. The number of benzene rings is 1. The molecule has 0 aliphatic heterocycles. The first-order valence-corrected chi connectivity index (χ1v) is 4.77. The van der Waals surface area contributed by atoms with Crippen LogP contribution in [0, 0.1) is 12.7 Å². The van der Waals surface area contributed by atoms with Crippen molar-refractivity contribution < 1.29 is 4.39 Å². The lowest BCUT2D eigenvalue weighted by Gasteiger charge is -2.05. The maximum Gasteiger partial charge on any atom is 0.161 e. The van der Waals surface area contributed by atoms with Crippen molar-refractivity contribution in [3.63, 3.8) is 0 Å². The fourth-order valence-corrected chi connectivity index (χ4v) is 1.40. The van der Waals surface area contributed by atoms with E-state index >= 15 is 0 Å². The molecule has 0 amide bonds. The molecular weight excluding hydrogens is 207 g/mol. The summed E-state index contributed by atoms with van der Waals surface area (Å²) in [5, 5.41) is 0. The zero-order chi connectivity index (χ0) is 11.5. The summed E-state index contributed by atoms with van der Waals surface area (Å²) in [6, 6.07) is 7.84. The summed E-state index contributed by atoms with van der Waals surface area (Å²) < 4.78 is 13.0. The number of nitrogens with one attached hydrogen (secondary N) is 1. The number of aryl methyl sites for hydroxylation is 1. The van der Waals surface area contributed by atoms with Gasteiger partial charge in [-0.2, -0.15) is 0 Å². The number of hydrogen-bond acceptors (Lipinski definition) is 4. The van der Waals surface area contributed by atoms with E-state index in [0.717, 1.165) is 5.69 Å². The van der Waals surface area contributed by atoms with E-state index in [1.54, 1.807) is 18.2 Å². The van der Waals surface area contributed by atoms with E-state index in [2.05, 4.69) is 15.4 Å². The standard InChI is InChI=1S/C11H11FN4/c1-7-5-10(16-13)15-11(14-7)8-3-2-4-9(12)6-8/h2-6H,13H2,1H3,(H,14,15,16). The van der Waals surface area contributed by atoms with Crippen LogP contribution in [0.1, 0.15) is 5.69 Å². The summed E-state index contributed by atoms with van der Waals surface area (Å²) in [6.07, 6.45) is 0. The van der Waals surface area contributed by atoms with E-state index in [1.807, 2.05) is 6.92 Å². The van der Waals surface area contributed by atoms with Crippen LogP contribution in [-0.4, -0.2) is 9.97 Å². The normalized spacial score (nSPS) is 10.2. The highest BCUT2D eigenvalue weighted by Gasteiger charge is 2.05. The monoisotopic (exact) mass is 218 g/mol. The first kappa shape index (κ1) is 10.5. The van der Waals surface area contributed by atoms with Gasteiger partial charge in [0, 0.05) is 17.3 Å². The Kier molecular flexibility index (Phi) is 2.78. The third-order valence-corrected chi connectivity index (χ3v) is 2.08. The summed E-state index contributed by atoms with van der Waals surface area (Å²) in [5.41, 5.74) is 3.84. The molecule has 0 bridgehead atoms. The Hall–Kier alpha value is -2.01. The Morgan fingerprint density at radius 1 is 1.25 bits per heavy atom. The smallest absolute Gasteiger partial charge is 0.161 e. The second-order valence-electron chi connectivity index (χ2n) is 3.37. The first-order valence-electron chi connectivity index (χ1n) is 4.77. The molecule has 1 heterocycles. The van der Waals surface area contributed by atoms with Crippen molar-refractivity contribution >= 4 is 5.82 Å². The van der Waals surface area contributed by atoms with E-state index in [-0.39, 0.29) is 5.82 Å². The predicted molar refractivity (Wildman–Crippen MR) is 60.0 cm³/mol. The Morgan fingerprint density at radius 2 is 2.06 bits per heavy atom. The fourth-order valence-electron chi connectivity index (χ4n) is 1.40. The van der Waals surface area contributed by atoms with Gasteiger partial charge in [0.1, 0.15) is 11.6 Å². The number of halogens is 1. The molecule has 0 radical (unpaired) electrons. The molecule has 1 aromatic carbocycles. The molecule has 5 heteroatoms. The van der Waals surface area contributed by atoms with E-state index in [1.165, 1.54) is 12.1 Å². The molecule has 0 aliphatic carbocycles. The predicted octanol–water partition coefficient (Wildman–Crippen LogP) is 1.88. The molecule has 0 unspecified atom stereocenters. The molecule has 2 aromatic rings. The Morgan fingerprint density at radius 3 is 2.75 bits per heavy atom. The van der Waals surface area contributed by atoms with Gasteiger partial charge in [-0.3, -0.25) is 0 Å². The van der Waals surface area contributed by atoms with Gasteiger partial charge in [0.2, 0.25) is 0 Å². The fraction of sp³-hybridized carbons (Fsp3) is 0.0909. The third-order valence-electron chi connectivity index (χ3n) is 2.08. The molecule has 3 N–H and O–H groups in total. The van der Waals surface area contributed by atoms with Gasteiger partial charge < -0.3 is 5.43 Å². The molecule has 0 aliphatic rings. The number of rotatable bonds is 2. The van der Waals surface area contributed by atoms with Gasteiger partial charge in [-0.25, -0.2) is 20.2 Å². The van der Waals surface area contributed by atoms with Crippen LogP contribution in [0.5, 0.6) is 0 Å². The summed E-state index contributed by atoms with van der Waals surface area (Å²) >= 11 is 0. The van der Waals surface area contributed by atoms with Crippen LogP contribution in [0.25, 0.3) is 11.4 Å². The average molecular weight is 218 g/mol. The van der Waals surface area contributed by atoms with Gasteiger partial charge in [-0.1, -0.05) is 12.1 Å². The molecule has 0 saturated heterocycles. The van der Waals surface area contributed by atoms with E-state index in [4.69, 9.17) is 5.84 Å². The largest absolute Gasteiger partial charge is 0.308 e. The minimum absolute atomic E-state index is 0.315. The van der Waals surface area contributed by atoms with Crippen molar-refractivity contribution in [2.75, 3.05) is 5.43 Å². The van der Waals surface area contributed by atoms with Crippen molar-refractivity contribution in [3.05, 3.63) is 41.8 Å².